The maximum Gasteiger partial charge on any atom is 0.277 e. The minimum absolute atomic E-state index is 0.194. The summed E-state index contributed by atoms with van der Waals surface area (Å²) in [5, 5.41) is 0. The fraction of sp³-hybridized carbons (Fsp3) is 0.0714. The Kier molecular flexibility index (Phi) is 4.46. The molecule has 4 nitrogen and oxygen atoms in total. The minimum Gasteiger partial charge on any atom is -0.389 e. The molecule has 1 aromatic carbocycles. The first-order chi connectivity index (χ1) is 9.50. The van der Waals surface area contributed by atoms with Crippen molar-refractivity contribution in [1.82, 2.24) is 4.98 Å². The van der Waals surface area contributed by atoms with Crippen molar-refractivity contribution < 1.29 is 4.79 Å². The van der Waals surface area contributed by atoms with E-state index in [9.17, 15) is 4.79 Å². The van der Waals surface area contributed by atoms with Gasteiger partial charge in [-0.15, -0.1) is 0 Å². The summed E-state index contributed by atoms with van der Waals surface area (Å²) in [5.41, 5.74) is 7.42. The van der Waals surface area contributed by atoms with Gasteiger partial charge in [-0.05, 0) is 52.3 Å². The zero-order valence-electron chi connectivity index (χ0n) is 10.7. The van der Waals surface area contributed by atoms with E-state index in [1.54, 1.807) is 49.6 Å². The molecule has 0 radical (unpaired) electrons. The van der Waals surface area contributed by atoms with Crippen molar-refractivity contribution in [1.29, 1.82) is 0 Å². The third-order valence-corrected chi connectivity index (χ3v) is 3.68. The molecule has 0 spiro atoms. The van der Waals surface area contributed by atoms with Crippen LogP contribution in [0.1, 0.15) is 16.1 Å². The zero-order valence-corrected chi connectivity index (χ0v) is 13.1. The fourth-order valence-electron chi connectivity index (χ4n) is 1.67. The number of benzene rings is 1. The number of carbonyl (C=O) groups excluding carboxylic acids is 1. The van der Waals surface area contributed by atoms with E-state index < -0.39 is 0 Å². The highest BCUT2D eigenvalue weighted by Gasteiger charge is 2.17. The Bertz CT molecular complexity index is 658. The van der Waals surface area contributed by atoms with E-state index >= 15 is 0 Å². The molecule has 0 bridgehead atoms. The molecule has 1 amide bonds. The molecule has 0 unspecified atom stereocenters. The number of pyridine rings is 1. The molecule has 0 aliphatic heterocycles. The smallest absolute Gasteiger partial charge is 0.277 e. The van der Waals surface area contributed by atoms with E-state index in [-0.39, 0.29) is 5.91 Å². The number of nitrogens with two attached hydrogens (primary N) is 1. The maximum atomic E-state index is 12.4. The van der Waals surface area contributed by atoms with Gasteiger partial charge in [-0.3, -0.25) is 4.79 Å². The van der Waals surface area contributed by atoms with Crippen LogP contribution in [-0.4, -0.2) is 22.9 Å². The Hall–Kier alpha value is -1.79. The van der Waals surface area contributed by atoms with Gasteiger partial charge in [0.2, 0.25) is 0 Å². The van der Waals surface area contributed by atoms with E-state index in [1.165, 1.54) is 4.90 Å². The van der Waals surface area contributed by atoms with Gasteiger partial charge in [0.05, 0.1) is 0 Å². The van der Waals surface area contributed by atoms with Crippen molar-refractivity contribution in [3.05, 3.63) is 58.3 Å². The van der Waals surface area contributed by atoms with Gasteiger partial charge >= 0.3 is 0 Å². The van der Waals surface area contributed by atoms with Crippen LogP contribution in [0.2, 0.25) is 0 Å². The lowest BCUT2D eigenvalue weighted by molar-refractivity contribution is 0.0987. The second kappa shape index (κ2) is 6.11. The first kappa shape index (κ1) is 14.6. The number of hydrogen-bond acceptors (Lipinski definition) is 3. The molecule has 0 fully saturated rings. The van der Waals surface area contributed by atoms with Crippen molar-refractivity contribution in [2.75, 3.05) is 11.9 Å². The van der Waals surface area contributed by atoms with Crippen LogP contribution in [0, 0.1) is 0 Å². The number of anilines is 1. The van der Waals surface area contributed by atoms with Crippen molar-refractivity contribution in [3.63, 3.8) is 0 Å². The lowest BCUT2D eigenvalue weighted by Crippen LogP contribution is -2.27. The average molecular weight is 350 g/mol. The zero-order chi connectivity index (χ0) is 14.7. The molecule has 2 aromatic rings. The summed E-state index contributed by atoms with van der Waals surface area (Å²) >= 11 is 8.22. The van der Waals surface area contributed by atoms with Crippen LogP contribution in [0.5, 0.6) is 0 Å². The molecule has 1 aromatic heterocycles. The van der Waals surface area contributed by atoms with Gasteiger partial charge in [-0.2, -0.15) is 0 Å². The van der Waals surface area contributed by atoms with Gasteiger partial charge in [0.15, 0.2) is 0 Å². The van der Waals surface area contributed by atoms with Crippen LogP contribution >= 0.6 is 28.1 Å². The molecule has 2 rings (SSSR count). The van der Waals surface area contributed by atoms with Crippen LogP contribution in [-0.2, 0) is 0 Å². The fourth-order valence-corrected chi connectivity index (χ4v) is 2.23. The van der Waals surface area contributed by atoms with Crippen molar-refractivity contribution in [2.24, 2.45) is 5.73 Å². The van der Waals surface area contributed by atoms with Crippen LogP contribution in [0.4, 0.5) is 5.69 Å². The van der Waals surface area contributed by atoms with E-state index in [1.807, 2.05) is 0 Å². The molecule has 6 heteroatoms. The summed E-state index contributed by atoms with van der Waals surface area (Å²) < 4.78 is 0.664. The van der Waals surface area contributed by atoms with Crippen LogP contribution in [0.15, 0.2) is 47.1 Å². The highest BCUT2D eigenvalue weighted by molar-refractivity contribution is 9.10. The van der Waals surface area contributed by atoms with E-state index in [4.69, 9.17) is 18.0 Å². The number of amides is 1. The second-order valence-electron chi connectivity index (χ2n) is 4.11. The molecule has 0 atom stereocenters. The summed E-state index contributed by atoms with van der Waals surface area (Å²) in [6.45, 7) is 0. The van der Waals surface area contributed by atoms with Crippen molar-refractivity contribution in [3.8, 4) is 0 Å². The average Bonchev–Trinajstić information content (AvgIpc) is 2.46. The molecule has 0 saturated heterocycles. The highest BCUT2D eigenvalue weighted by Crippen LogP contribution is 2.20. The van der Waals surface area contributed by atoms with Gasteiger partial charge in [-0.1, -0.05) is 12.2 Å². The summed E-state index contributed by atoms with van der Waals surface area (Å²) in [4.78, 5) is 18.3. The quantitative estimate of drug-likeness (QED) is 0.865. The highest BCUT2D eigenvalue weighted by atomic mass is 79.9. The molecular weight excluding hydrogens is 338 g/mol. The SMILES string of the molecule is CN(C(=O)c1ncccc1Br)c1ccc(C(N)=S)cc1. The number of carbonyl (C=O) groups is 1. The molecule has 0 saturated carbocycles. The third kappa shape index (κ3) is 3.02. The number of aromatic nitrogens is 1. The Morgan fingerprint density at radius 2 is 1.95 bits per heavy atom. The van der Waals surface area contributed by atoms with Gasteiger partial charge in [0.25, 0.3) is 5.91 Å². The molecule has 20 heavy (non-hydrogen) atoms. The van der Waals surface area contributed by atoms with Gasteiger partial charge in [0, 0.05) is 29.0 Å². The molecule has 102 valence electrons. The lowest BCUT2D eigenvalue weighted by atomic mass is 10.2. The number of nitrogens with zero attached hydrogens (tertiary/aromatic N) is 2. The molecule has 1 heterocycles. The van der Waals surface area contributed by atoms with Gasteiger partial charge < -0.3 is 10.6 Å². The Morgan fingerprint density at radius 3 is 2.50 bits per heavy atom. The largest absolute Gasteiger partial charge is 0.389 e. The van der Waals surface area contributed by atoms with E-state index in [2.05, 4.69) is 20.9 Å². The molecule has 2 N–H and O–H groups in total. The van der Waals surface area contributed by atoms with Gasteiger partial charge in [0.1, 0.15) is 10.7 Å². The van der Waals surface area contributed by atoms with E-state index in [0.717, 1.165) is 11.3 Å². The molecule has 0 aliphatic rings. The van der Waals surface area contributed by atoms with Crippen LogP contribution in [0.25, 0.3) is 0 Å². The maximum absolute atomic E-state index is 12.4. The summed E-state index contributed by atoms with van der Waals surface area (Å²) in [5.74, 6) is -0.194. The standard InChI is InChI=1S/C14H12BrN3OS/c1-18(10-6-4-9(5-7-10)13(16)20)14(19)12-11(15)3-2-8-17-12/h2-8H,1H3,(H2,16,20). The van der Waals surface area contributed by atoms with Gasteiger partial charge in [-0.25, -0.2) is 4.98 Å². The summed E-state index contributed by atoms with van der Waals surface area (Å²) in [6, 6.07) is 10.7. The monoisotopic (exact) mass is 349 g/mol. The number of hydrogen-bond donors (Lipinski definition) is 1. The number of thiocarbonyl (C=S) groups is 1. The predicted octanol–water partition coefficient (Wildman–Crippen LogP) is 2.75. The van der Waals surface area contributed by atoms with Crippen LogP contribution < -0.4 is 10.6 Å². The van der Waals surface area contributed by atoms with Crippen molar-refractivity contribution >= 4 is 44.7 Å². The van der Waals surface area contributed by atoms with E-state index in [0.29, 0.717) is 15.2 Å². The summed E-state index contributed by atoms with van der Waals surface area (Å²) in [7, 11) is 1.69. The Labute approximate surface area is 130 Å². The Balaban J connectivity index is 2.27. The molecule has 0 aliphatic carbocycles. The molecular formula is C14H12BrN3OS. The first-order valence-electron chi connectivity index (χ1n) is 5.79. The normalized spacial score (nSPS) is 10.1. The predicted molar refractivity (Wildman–Crippen MR) is 87.0 cm³/mol. The number of halogens is 1. The minimum atomic E-state index is -0.194. The summed E-state index contributed by atoms with van der Waals surface area (Å²) in [6.07, 6.45) is 1.59. The first-order valence-corrected chi connectivity index (χ1v) is 6.99. The lowest BCUT2D eigenvalue weighted by Gasteiger charge is -2.17. The van der Waals surface area contributed by atoms with Crippen LogP contribution in [0.3, 0.4) is 0 Å². The second-order valence-corrected chi connectivity index (χ2v) is 5.40. The van der Waals surface area contributed by atoms with Crippen molar-refractivity contribution in [2.45, 2.75) is 0 Å². The third-order valence-electron chi connectivity index (χ3n) is 2.80. The number of rotatable bonds is 3. The topological polar surface area (TPSA) is 59.2 Å². The Morgan fingerprint density at radius 1 is 1.30 bits per heavy atom.